The molecule has 9 heteroatoms. The molecular formula is C21H21N3O5S. The molecule has 156 valence electrons. The van der Waals surface area contributed by atoms with Crippen LogP contribution in [-0.4, -0.2) is 34.3 Å². The number of carbonyl (C=O) groups is 2. The fraction of sp³-hybridized carbons (Fsp3) is 0.333. The van der Waals surface area contributed by atoms with Crippen molar-refractivity contribution in [2.75, 3.05) is 12.4 Å². The van der Waals surface area contributed by atoms with Gasteiger partial charge in [-0.2, -0.15) is 0 Å². The lowest BCUT2D eigenvalue weighted by Gasteiger charge is -2.26. The standard InChI is InChI=1S/C21H21N3O5S/c1-28-16-11-14(12-4-6-13(7-5-12)20(26)27)8-9-15(16)18(25)22-21-24-23-19(29-21)17-3-2-10-30-17/h2-3,8-13H,4-7H2,1H3,(H,26,27)(H,22,24,25)/t12-,13-. The Morgan fingerprint density at radius 1 is 1.20 bits per heavy atom. The zero-order valence-corrected chi connectivity index (χ0v) is 17.1. The van der Waals surface area contributed by atoms with E-state index in [1.807, 2.05) is 29.6 Å². The number of ether oxygens (including phenoxy) is 1. The third-order valence-electron chi connectivity index (χ3n) is 5.40. The summed E-state index contributed by atoms with van der Waals surface area (Å²) >= 11 is 1.47. The monoisotopic (exact) mass is 427 g/mol. The molecule has 0 radical (unpaired) electrons. The molecule has 1 fully saturated rings. The van der Waals surface area contributed by atoms with Gasteiger partial charge in [0, 0.05) is 0 Å². The molecule has 0 spiro atoms. The topological polar surface area (TPSA) is 115 Å². The average molecular weight is 427 g/mol. The van der Waals surface area contributed by atoms with E-state index < -0.39 is 11.9 Å². The predicted molar refractivity (Wildman–Crippen MR) is 111 cm³/mol. The number of hydrogen-bond acceptors (Lipinski definition) is 7. The first kappa shape index (κ1) is 20.1. The molecule has 1 amide bonds. The summed E-state index contributed by atoms with van der Waals surface area (Å²) in [5, 5.41) is 21.5. The quantitative estimate of drug-likeness (QED) is 0.598. The van der Waals surface area contributed by atoms with Crippen molar-refractivity contribution >= 4 is 29.2 Å². The molecule has 30 heavy (non-hydrogen) atoms. The Bertz CT molecular complexity index is 1040. The van der Waals surface area contributed by atoms with Crippen LogP contribution in [0.4, 0.5) is 6.01 Å². The lowest BCUT2D eigenvalue weighted by molar-refractivity contribution is -0.142. The van der Waals surface area contributed by atoms with Crippen molar-refractivity contribution in [3.63, 3.8) is 0 Å². The van der Waals surface area contributed by atoms with Gasteiger partial charge < -0.3 is 14.3 Å². The van der Waals surface area contributed by atoms with E-state index in [9.17, 15) is 9.59 Å². The van der Waals surface area contributed by atoms with Crippen LogP contribution in [-0.2, 0) is 4.79 Å². The van der Waals surface area contributed by atoms with Gasteiger partial charge in [0.2, 0.25) is 0 Å². The number of anilines is 1. The van der Waals surface area contributed by atoms with Gasteiger partial charge in [-0.15, -0.1) is 16.4 Å². The summed E-state index contributed by atoms with van der Waals surface area (Å²) in [6, 6.07) is 9.21. The van der Waals surface area contributed by atoms with Crippen molar-refractivity contribution in [2.45, 2.75) is 31.6 Å². The molecule has 4 rings (SSSR count). The van der Waals surface area contributed by atoms with Crippen LogP contribution in [0.3, 0.4) is 0 Å². The summed E-state index contributed by atoms with van der Waals surface area (Å²) in [5.74, 6) is -0.337. The maximum atomic E-state index is 12.7. The van der Waals surface area contributed by atoms with Crippen molar-refractivity contribution in [1.29, 1.82) is 0 Å². The largest absolute Gasteiger partial charge is 0.496 e. The zero-order chi connectivity index (χ0) is 21.1. The highest BCUT2D eigenvalue weighted by molar-refractivity contribution is 7.13. The zero-order valence-electron chi connectivity index (χ0n) is 16.3. The minimum absolute atomic E-state index is 0.0153. The van der Waals surface area contributed by atoms with E-state index in [1.165, 1.54) is 18.4 Å². The van der Waals surface area contributed by atoms with Gasteiger partial charge in [0.15, 0.2) is 0 Å². The molecule has 1 aromatic carbocycles. The molecule has 0 aliphatic heterocycles. The van der Waals surface area contributed by atoms with Crippen molar-refractivity contribution in [2.24, 2.45) is 5.92 Å². The van der Waals surface area contributed by atoms with Gasteiger partial charge in [0.25, 0.3) is 11.8 Å². The Balaban J connectivity index is 1.46. The van der Waals surface area contributed by atoms with Gasteiger partial charge in [0.05, 0.1) is 23.5 Å². The van der Waals surface area contributed by atoms with E-state index >= 15 is 0 Å². The van der Waals surface area contributed by atoms with Crippen LogP contribution in [0.25, 0.3) is 10.8 Å². The number of amides is 1. The number of carbonyl (C=O) groups excluding carboxylic acids is 1. The third kappa shape index (κ3) is 4.20. The van der Waals surface area contributed by atoms with Crippen LogP contribution >= 0.6 is 11.3 Å². The maximum Gasteiger partial charge on any atom is 0.322 e. The van der Waals surface area contributed by atoms with Gasteiger partial charge in [-0.1, -0.05) is 17.2 Å². The van der Waals surface area contributed by atoms with E-state index in [4.69, 9.17) is 14.3 Å². The first-order valence-corrected chi connectivity index (χ1v) is 10.5. The first-order valence-electron chi connectivity index (χ1n) is 9.64. The second kappa shape index (κ2) is 8.66. The lowest BCUT2D eigenvalue weighted by Crippen LogP contribution is -2.20. The number of aliphatic carboxylic acids is 1. The number of hydrogen-bond donors (Lipinski definition) is 2. The van der Waals surface area contributed by atoms with E-state index in [0.717, 1.165) is 23.3 Å². The molecule has 1 aliphatic carbocycles. The highest BCUT2D eigenvalue weighted by atomic mass is 32.1. The number of rotatable bonds is 6. The first-order chi connectivity index (χ1) is 14.5. The number of carboxylic acid groups (broad SMARTS) is 1. The summed E-state index contributed by atoms with van der Waals surface area (Å²) in [6.45, 7) is 0. The molecule has 0 unspecified atom stereocenters. The fourth-order valence-electron chi connectivity index (χ4n) is 3.76. The Morgan fingerprint density at radius 2 is 2.00 bits per heavy atom. The molecule has 2 N–H and O–H groups in total. The lowest BCUT2D eigenvalue weighted by atomic mass is 9.78. The van der Waals surface area contributed by atoms with Crippen molar-refractivity contribution in [1.82, 2.24) is 10.2 Å². The molecule has 0 bridgehead atoms. The number of nitrogens with one attached hydrogen (secondary N) is 1. The van der Waals surface area contributed by atoms with Crippen LogP contribution in [0, 0.1) is 5.92 Å². The Labute approximate surface area is 176 Å². The van der Waals surface area contributed by atoms with Crippen LogP contribution in [0.15, 0.2) is 40.1 Å². The molecule has 0 atom stereocenters. The number of aromatic nitrogens is 2. The normalized spacial score (nSPS) is 18.7. The fourth-order valence-corrected chi connectivity index (χ4v) is 4.41. The summed E-state index contributed by atoms with van der Waals surface area (Å²) in [6.07, 6.45) is 2.93. The van der Waals surface area contributed by atoms with Gasteiger partial charge in [-0.05, 0) is 60.7 Å². The number of thiophene rings is 1. The summed E-state index contributed by atoms with van der Waals surface area (Å²) in [5.41, 5.74) is 1.40. The molecule has 8 nitrogen and oxygen atoms in total. The smallest absolute Gasteiger partial charge is 0.322 e. The van der Waals surface area contributed by atoms with E-state index in [2.05, 4.69) is 15.5 Å². The SMILES string of the molecule is COc1cc([C@H]2CC[C@H](C(=O)O)CC2)ccc1C(=O)Nc1nnc(-c2cccs2)o1. The molecule has 0 saturated heterocycles. The molecule has 3 aromatic rings. The number of benzene rings is 1. The summed E-state index contributed by atoms with van der Waals surface area (Å²) in [4.78, 5) is 24.7. The predicted octanol–water partition coefficient (Wildman–Crippen LogP) is 4.42. The van der Waals surface area contributed by atoms with Gasteiger partial charge >= 0.3 is 12.0 Å². The highest BCUT2D eigenvalue weighted by Crippen LogP contribution is 2.37. The Kier molecular flexibility index (Phi) is 5.80. The number of carboxylic acids is 1. The van der Waals surface area contributed by atoms with Crippen LogP contribution in [0.2, 0.25) is 0 Å². The van der Waals surface area contributed by atoms with E-state index in [1.54, 1.807) is 6.07 Å². The Morgan fingerprint density at radius 3 is 2.67 bits per heavy atom. The summed E-state index contributed by atoms with van der Waals surface area (Å²) < 4.78 is 10.9. The van der Waals surface area contributed by atoms with Crippen molar-refractivity contribution in [3.05, 3.63) is 46.8 Å². The second-order valence-electron chi connectivity index (χ2n) is 7.19. The molecule has 2 heterocycles. The molecule has 1 saturated carbocycles. The number of nitrogens with zero attached hydrogens (tertiary/aromatic N) is 2. The molecule has 2 aromatic heterocycles. The maximum absolute atomic E-state index is 12.7. The highest BCUT2D eigenvalue weighted by Gasteiger charge is 2.27. The minimum Gasteiger partial charge on any atom is -0.496 e. The van der Waals surface area contributed by atoms with Crippen molar-refractivity contribution < 1.29 is 23.8 Å². The molecular weight excluding hydrogens is 406 g/mol. The van der Waals surface area contributed by atoms with Crippen LogP contribution in [0.1, 0.15) is 47.5 Å². The van der Waals surface area contributed by atoms with Gasteiger partial charge in [-0.25, -0.2) is 0 Å². The van der Waals surface area contributed by atoms with Gasteiger partial charge in [-0.3, -0.25) is 14.9 Å². The van der Waals surface area contributed by atoms with Crippen LogP contribution < -0.4 is 10.1 Å². The molecule has 1 aliphatic rings. The third-order valence-corrected chi connectivity index (χ3v) is 6.25. The average Bonchev–Trinajstić information content (AvgIpc) is 3.45. The van der Waals surface area contributed by atoms with Gasteiger partial charge in [0.1, 0.15) is 5.75 Å². The van der Waals surface area contributed by atoms with E-state index in [0.29, 0.717) is 30.0 Å². The Hall–Kier alpha value is -3.20. The van der Waals surface area contributed by atoms with Crippen LogP contribution in [0.5, 0.6) is 5.75 Å². The number of methoxy groups -OCH3 is 1. The summed E-state index contributed by atoms with van der Waals surface area (Å²) in [7, 11) is 1.51. The van der Waals surface area contributed by atoms with Crippen molar-refractivity contribution in [3.8, 4) is 16.5 Å². The minimum atomic E-state index is -0.721. The second-order valence-corrected chi connectivity index (χ2v) is 8.14. The van der Waals surface area contributed by atoms with E-state index in [-0.39, 0.29) is 17.9 Å².